The maximum absolute atomic E-state index is 9.24. The molecule has 0 aliphatic carbocycles. The topological polar surface area (TPSA) is 89.5 Å². The standard InChI is InChI=1S/2C8H17.C7H8.O5P2.Sn/c2*1-3-5-7-8-6-4-2;1-7-5-3-2-4-6-7;1-6(2)5-7(3)4;/h2*1,3-8H2,2H3;2-6H,1H3;;/q;;;;+2. The molecule has 0 bridgehead atoms. The molecule has 0 aliphatic rings. The minimum Gasteiger partial charge on any atom is -0.563 e. The molecule has 0 N–H and O–H groups in total. The second-order valence-corrected chi connectivity index (χ2v) is 13.3. The fourth-order valence-electron chi connectivity index (χ4n) is 2.77. The number of aryl methyl sites for hydroxylation is 1. The van der Waals surface area contributed by atoms with Gasteiger partial charge in [-0.3, -0.25) is 0 Å². The van der Waals surface area contributed by atoms with Crippen molar-refractivity contribution in [3.05, 3.63) is 35.9 Å². The molecule has 1 aromatic rings. The average Bonchev–Trinajstić information content (AvgIpc) is 2.72. The summed E-state index contributed by atoms with van der Waals surface area (Å²) in [6.45, 7) is 6.68. The van der Waals surface area contributed by atoms with Crippen molar-refractivity contribution in [2.75, 3.05) is 0 Å². The minimum absolute atomic E-state index is 0.0736. The molecule has 0 amide bonds. The van der Waals surface area contributed by atoms with Gasteiger partial charge in [-0.25, -0.2) is 0 Å². The fourth-order valence-corrected chi connectivity index (χ4v) is 6.78. The predicted octanol–water partition coefficient (Wildman–Crippen LogP) is 7.28. The van der Waals surface area contributed by atoms with E-state index in [-0.39, 0.29) is 21.1 Å². The van der Waals surface area contributed by atoms with Crippen molar-refractivity contribution in [2.45, 2.75) is 107 Å². The van der Waals surface area contributed by atoms with E-state index in [1.807, 2.05) is 18.2 Å². The van der Waals surface area contributed by atoms with E-state index in [0.29, 0.717) is 0 Å². The summed E-state index contributed by atoms with van der Waals surface area (Å²) in [5.74, 6) is 0. The summed E-state index contributed by atoms with van der Waals surface area (Å²) in [5.41, 5.74) is 1.32. The first-order valence-electron chi connectivity index (χ1n) is 11.6. The Bertz CT molecular complexity index is 492. The number of hydrogen-bond donors (Lipinski definition) is 0. The molecule has 8 heteroatoms. The predicted molar refractivity (Wildman–Crippen MR) is 130 cm³/mol. The van der Waals surface area contributed by atoms with E-state index in [4.69, 9.17) is 0 Å². The van der Waals surface area contributed by atoms with E-state index < -0.39 is 16.5 Å². The molecule has 1 rings (SSSR count). The third kappa shape index (κ3) is 34.9. The smallest absolute Gasteiger partial charge is 0.543 e. The Kier molecular flexibility index (Phi) is 30.2. The molecule has 1 aromatic carbocycles. The maximum atomic E-state index is 9.24. The summed E-state index contributed by atoms with van der Waals surface area (Å²) < 4.78 is 25.0. The Balaban J connectivity index is 0. The number of rotatable bonds is 16. The third-order valence-corrected chi connectivity index (χ3v) is 9.59. The SMILES string of the molecule is CCCCCCC[CH2][Sn+2][CH2]CCCCCCC.Cc1ccccc1.O=[P+]([O-])O[P+](=O)[O-]. The van der Waals surface area contributed by atoms with Crippen LogP contribution in [0.15, 0.2) is 30.3 Å². The summed E-state index contributed by atoms with van der Waals surface area (Å²) in [5, 5.41) is 0. The van der Waals surface area contributed by atoms with Gasteiger partial charge in [-0.05, 0) is 16.1 Å². The fraction of sp³-hybridized carbons (Fsp3) is 0.739. The molecular weight excluding hydrogens is 537 g/mol. The summed E-state index contributed by atoms with van der Waals surface area (Å²) in [6.07, 6.45) is 17.8. The van der Waals surface area contributed by atoms with Crippen molar-refractivity contribution in [1.82, 2.24) is 0 Å². The van der Waals surface area contributed by atoms with Crippen molar-refractivity contribution in [3.8, 4) is 0 Å². The molecule has 0 radical (unpaired) electrons. The average molecular weight is 579 g/mol. The monoisotopic (exact) mass is 580 g/mol. The molecular formula is C23H42O5P2Sn+2. The summed E-state index contributed by atoms with van der Waals surface area (Å²) in [4.78, 5) is 18.5. The molecule has 0 heterocycles. The van der Waals surface area contributed by atoms with Gasteiger partial charge in [0.15, 0.2) is 0 Å². The van der Waals surface area contributed by atoms with Gasteiger partial charge in [0.1, 0.15) is 4.31 Å². The van der Waals surface area contributed by atoms with Gasteiger partial charge in [0.25, 0.3) is 0 Å². The van der Waals surface area contributed by atoms with Crippen LogP contribution in [0.25, 0.3) is 0 Å². The molecule has 2 atom stereocenters. The van der Waals surface area contributed by atoms with E-state index in [1.54, 1.807) is 21.7 Å². The molecule has 5 nitrogen and oxygen atoms in total. The number of unbranched alkanes of at least 4 members (excludes halogenated alkanes) is 10. The van der Waals surface area contributed by atoms with Crippen LogP contribution in [0.3, 0.4) is 0 Å². The molecule has 2 unspecified atom stereocenters. The van der Waals surface area contributed by atoms with Gasteiger partial charge in [-0.1, -0.05) is 35.9 Å². The zero-order valence-electron chi connectivity index (χ0n) is 19.7. The van der Waals surface area contributed by atoms with Crippen LogP contribution in [0.4, 0.5) is 0 Å². The summed E-state index contributed by atoms with van der Waals surface area (Å²) in [6, 6.07) is 10.3. The van der Waals surface area contributed by atoms with Crippen LogP contribution in [0, 0.1) is 6.92 Å². The first kappa shape index (κ1) is 33.3. The van der Waals surface area contributed by atoms with Crippen LogP contribution in [-0.2, 0) is 13.4 Å². The Morgan fingerprint density at radius 2 is 1.10 bits per heavy atom. The molecule has 176 valence electrons. The summed E-state index contributed by atoms with van der Waals surface area (Å²) in [7, 11) is -6.47. The quantitative estimate of drug-likeness (QED) is 0.117. The van der Waals surface area contributed by atoms with Gasteiger partial charge < -0.3 is 9.79 Å². The van der Waals surface area contributed by atoms with Crippen LogP contribution >= 0.6 is 16.5 Å². The molecule has 0 aliphatic heterocycles. The molecule has 31 heavy (non-hydrogen) atoms. The van der Waals surface area contributed by atoms with Gasteiger partial charge in [0.2, 0.25) is 0 Å². The van der Waals surface area contributed by atoms with Crippen LogP contribution in [-0.4, -0.2) is 21.1 Å². The zero-order chi connectivity index (χ0) is 23.6. The van der Waals surface area contributed by atoms with E-state index in [1.165, 1.54) is 69.8 Å². The van der Waals surface area contributed by atoms with E-state index in [2.05, 4.69) is 37.2 Å². The van der Waals surface area contributed by atoms with Gasteiger partial charge in [0.05, 0.1) is 0 Å². The van der Waals surface area contributed by atoms with Crippen molar-refractivity contribution in [1.29, 1.82) is 0 Å². The molecule has 0 aromatic heterocycles. The largest absolute Gasteiger partial charge is 0.563 e. The molecule has 0 saturated heterocycles. The van der Waals surface area contributed by atoms with E-state index in [9.17, 15) is 18.9 Å². The molecule has 0 fully saturated rings. The molecule has 0 spiro atoms. The van der Waals surface area contributed by atoms with Gasteiger partial charge in [0, 0.05) is 0 Å². The van der Waals surface area contributed by atoms with Crippen LogP contribution in [0.2, 0.25) is 8.87 Å². The van der Waals surface area contributed by atoms with E-state index in [0.717, 1.165) is 0 Å². The number of benzene rings is 1. The Morgan fingerprint density at radius 1 is 0.710 bits per heavy atom. The third-order valence-electron chi connectivity index (χ3n) is 4.49. The van der Waals surface area contributed by atoms with Crippen molar-refractivity contribution in [3.63, 3.8) is 0 Å². The zero-order valence-corrected chi connectivity index (χ0v) is 24.4. The molecule has 0 saturated carbocycles. The normalized spacial score (nSPS) is 10.7. The summed E-state index contributed by atoms with van der Waals surface area (Å²) >= 11 is 0.0736. The van der Waals surface area contributed by atoms with Crippen LogP contribution in [0.1, 0.15) is 96.5 Å². The van der Waals surface area contributed by atoms with Gasteiger partial charge in [-0.15, -0.1) is 0 Å². The van der Waals surface area contributed by atoms with Crippen molar-refractivity contribution < 1.29 is 23.2 Å². The number of hydrogen-bond acceptors (Lipinski definition) is 5. The minimum atomic E-state index is -3.24. The van der Waals surface area contributed by atoms with Crippen LogP contribution in [0.5, 0.6) is 0 Å². The maximum Gasteiger partial charge on any atom is 0.543 e. The van der Waals surface area contributed by atoms with E-state index >= 15 is 0 Å². The second kappa shape index (κ2) is 28.1. The van der Waals surface area contributed by atoms with Crippen molar-refractivity contribution in [2.24, 2.45) is 0 Å². The first-order chi connectivity index (χ1) is 14.9. The van der Waals surface area contributed by atoms with Crippen LogP contribution < -0.4 is 9.79 Å². The Labute approximate surface area is 202 Å². The Hall–Kier alpha value is 0.0987. The second-order valence-electron chi connectivity index (χ2n) is 7.47. The Morgan fingerprint density at radius 3 is 1.39 bits per heavy atom. The van der Waals surface area contributed by atoms with Gasteiger partial charge in [-0.2, -0.15) is 0 Å². The first-order valence-corrected chi connectivity index (χ1v) is 17.9. The van der Waals surface area contributed by atoms with Gasteiger partial charge >= 0.3 is 137 Å². The van der Waals surface area contributed by atoms with Crippen molar-refractivity contribution >= 4 is 37.7 Å².